The number of carbonyl (C=O) groups excluding carboxylic acids is 2. The number of carbonyl (C=O) groups is 2. The first-order valence-corrected chi connectivity index (χ1v) is 6.67. The molecular weight excluding hydrogens is 246 g/mol. The number of hydrogen-bond acceptors (Lipinski definition) is 4. The number of nitrogens with two attached hydrogens (primary N) is 1. The first-order valence-electron chi connectivity index (χ1n) is 6.67. The third-order valence-corrected chi connectivity index (χ3v) is 2.94. The lowest BCUT2D eigenvalue weighted by Crippen LogP contribution is -2.17. The van der Waals surface area contributed by atoms with Gasteiger partial charge in [-0.15, -0.1) is 0 Å². The molecule has 2 unspecified atom stereocenters. The van der Waals surface area contributed by atoms with E-state index in [4.69, 9.17) is 0 Å². The lowest BCUT2D eigenvalue weighted by atomic mass is 9.84. The molecule has 1 fully saturated rings. The van der Waals surface area contributed by atoms with E-state index in [0.29, 0.717) is 0 Å². The van der Waals surface area contributed by atoms with Crippen LogP contribution in [0.25, 0.3) is 0 Å². The van der Waals surface area contributed by atoms with E-state index in [1.54, 1.807) is 0 Å². The first-order chi connectivity index (χ1) is 8.95. The van der Waals surface area contributed by atoms with Crippen molar-refractivity contribution < 1.29 is 19.1 Å². The molecule has 2 atom stereocenters. The summed E-state index contributed by atoms with van der Waals surface area (Å²) < 4.78 is 8.72. The monoisotopic (exact) mass is 271 g/mol. The van der Waals surface area contributed by atoms with E-state index in [2.05, 4.69) is 35.6 Å². The predicted octanol–water partition coefficient (Wildman–Crippen LogP) is 2.64. The number of primary amides is 1. The van der Waals surface area contributed by atoms with Gasteiger partial charge in [-0.05, 0) is 18.3 Å². The van der Waals surface area contributed by atoms with Gasteiger partial charge in [0.25, 0.3) is 0 Å². The van der Waals surface area contributed by atoms with Crippen molar-refractivity contribution in [2.75, 3.05) is 13.2 Å². The minimum absolute atomic E-state index is 0.00616. The molecule has 110 valence electrons. The van der Waals surface area contributed by atoms with Gasteiger partial charge in [-0.3, -0.25) is 0 Å². The van der Waals surface area contributed by atoms with Gasteiger partial charge in [-0.2, -0.15) is 0 Å². The summed E-state index contributed by atoms with van der Waals surface area (Å²) in [6.45, 7) is 7.87. The van der Waals surface area contributed by atoms with Crippen LogP contribution in [0.2, 0.25) is 0 Å². The van der Waals surface area contributed by atoms with E-state index in [9.17, 15) is 9.59 Å². The third kappa shape index (κ3) is 11.3. The molecule has 0 radical (unpaired) electrons. The van der Waals surface area contributed by atoms with Crippen molar-refractivity contribution in [2.24, 2.45) is 17.6 Å². The summed E-state index contributed by atoms with van der Waals surface area (Å²) in [5, 5.41) is 0. The molecule has 0 bridgehead atoms. The summed E-state index contributed by atoms with van der Waals surface area (Å²) in [4.78, 5) is 20.3. The maximum absolute atomic E-state index is 10.3. The van der Waals surface area contributed by atoms with E-state index in [0.717, 1.165) is 17.9 Å². The van der Waals surface area contributed by atoms with Crippen molar-refractivity contribution in [1.29, 1.82) is 0 Å². The average Bonchev–Trinajstić information content (AvgIpc) is 2.34. The second-order valence-electron chi connectivity index (χ2n) is 4.92. The normalized spacial score (nSPS) is 21.6. The van der Waals surface area contributed by atoms with Crippen LogP contribution in [0.3, 0.4) is 0 Å². The summed E-state index contributed by atoms with van der Waals surface area (Å²) in [5.41, 5.74) is 4.62. The zero-order chi connectivity index (χ0) is 14.7. The Hall–Kier alpha value is -1.52. The molecule has 1 saturated carbocycles. The number of esters is 1. The quantitative estimate of drug-likeness (QED) is 0.484. The molecule has 5 nitrogen and oxygen atoms in total. The molecule has 1 rings (SSSR count). The van der Waals surface area contributed by atoms with Crippen LogP contribution in [0.1, 0.15) is 39.5 Å². The van der Waals surface area contributed by atoms with Gasteiger partial charge in [0.2, 0.25) is 0 Å². The molecule has 0 aromatic carbocycles. The Balaban J connectivity index is 0.000000356. The van der Waals surface area contributed by atoms with Crippen LogP contribution in [0.15, 0.2) is 12.7 Å². The summed E-state index contributed by atoms with van der Waals surface area (Å²) >= 11 is 0. The molecule has 0 spiro atoms. The molecule has 1 aliphatic rings. The molecular formula is C14H25NO4. The smallest absolute Gasteiger partial charge is 0.404 e. The van der Waals surface area contributed by atoms with Crippen molar-refractivity contribution in [2.45, 2.75) is 39.5 Å². The molecule has 2 N–H and O–H groups in total. The van der Waals surface area contributed by atoms with Crippen LogP contribution < -0.4 is 5.73 Å². The lowest BCUT2D eigenvalue weighted by molar-refractivity contribution is -0.138. The summed E-state index contributed by atoms with van der Waals surface area (Å²) in [7, 11) is 0. The van der Waals surface area contributed by atoms with Crippen molar-refractivity contribution in [3.8, 4) is 0 Å². The van der Waals surface area contributed by atoms with Crippen LogP contribution in [0.5, 0.6) is 0 Å². The van der Waals surface area contributed by atoms with Crippen molar-refractivity contribution in [3.63, 3.8) is 0 Å². The first kappa shape index (κ1) is 17.5. The van der Waals surface area contributed by atoms with Gasteiger partial charge in [0.1, 0.15) is 13.2 Å². The van der Waals surface area contributed by atoms with Crippen LogP contribution in [0, 0.1) is 11.8 Å². The van der Waals surface area contributed by atoms with E-state index in [1.807, 2.05) is 0 Å². The van der Waals surface area contributed by atoms with Crippen LogP contribution in [-0.4, -0.2) is 25.3 Å². The Bertz CT molecular complexity index is 283. The molecule has 19 heavy (non-hydrogen) atoms. The highest BCUT2D eigenvalue weighted by Gasteiger charge is 2.13. The zero-order valence-corrected chi connectivity index (χ0v) is 11.9. The van der Waals surface area contributed by atoms with Crippen molar-refractivity contribution in [1.82, 2.24) is 0 Å². The molecule has 0 saturated heterocycles. The Morgan fingerprint density at radius 2 is 1.74 bits per heavy atom. The Morgan fingerprint density at radius 1 is 1.21 bits per heavy atom. The summed E-state index contributed by atoms with van der Waals surface area (Å²) in [6, 6.07) is 0. The van der Waals surface area contributed by atoms with E-state index >= 15 is 0 Å². The molecule has 1 amide bonds. The van der Waals surface area contributed by atoms with E-state index < -0.39 is 12.1 Å². The van der Waals surface area contributed by atoms with Crippen LogP contribution in [-0.2, 0) is 14.3 Å². The number of hydrogen-bond donors (Lipinski definition) is 1. The number of rotatable bonds is 4. The number of ether oxygens (including phenoxy) is 2. The highest BCUT2D eigenvalue weighted by molar-refractivity contribution is 5.81. The third-order valence-electron chi connectivity index (χ3n) is 2.94. The van der Waals surface area contributed by atoms with Gasteiger partial charge in [0.05, 0.1) is 0 Å². The maximum Gasteiger partial charge on any atom is 0.404 e. The molecule has 0 aromatic heterocycles. The zero-order valence-electron chi connectivity index (χ0n) is 11.9. The molecule has 0 heterocycles. The SMILES string of the molecule is C=CC(=O)OCCOC(N)=O.CC1CCCC(C)C1. The topological polar surface area (TPSA) is 78.6 Å². The molecule has 1 aliphatic carbocycles. The fourth-order valence-corrected chi connectivity index (χ4v) is 2.08. The van der Waals surface area contributed by atoms with E-state index in [1.165, 1.54) is 25.7 Å². The summed E-state index contributed by atoms with van der Waals surface area (Å²) in [6.07, 6.45) is 6.03. The van der Waals surface area contributed by atoms with Gasteiger partial charge in [-0.25, -0.2) is 9.59 Å². The highest BCUT2D eigenvalue weighted by Crippen LogP contribution is 2.27. The Kier molecular flexibility index (Phi) is 9.57. The standard InChI is InChI=1S/C8H16.C6H9NO4/c1-7-4-3-5-8(2)6-7;1-2-5(8)10-3-4-11-6(7)9/h7-8H,3-6H2,1-2H3;2H,1,3-4H2,(H2,7,9). The molecule has 0 aromatic rings. The van der Waals surface area contributed by atoms with Gasteiger partial charge in [-0.1, -0.05) is 39.7 Å². The van der Waals surface area contributed by atoms with E-state index in [-0.39, 0.29) is 13.2 Å². The Labute approximate surface area is 115 Å². The van der Waals surface area contributed by atoms with Crippen LogP contribution in [0.4, 0.5) is 4.79 Å². The van der Waals surface area contributed by atoms with Crippen LogP contribution >= 0.6 is 0 Å². The number of amides is 1. The van der Waals surface area contributed by atoms with Crippen molar-refractivity contribution >= 4 is 12.1 Å². The minimum Gasteiger partial charge on any atom is -0.459 e. The fraction of sp³-hybridized carbons (Fsp3) is 0.714. The van der Waals surface area contributed by atoms with Gasteiger partial charge < -0.3 is 15.2 Å². The largest absolute Gasteiger partial charge is 0.459 e. The van der Waals surface area contributed by atoms with Gasteiger partial charge >= 0.3 is 12.1 Å². The minimum atomic E-state index is -0.889. The second kappa shape index (κ2) is 10.4. The molecule has 0 aliphatic heterocycles. The van der Waals surface area contributed by atoms with Gasteiger partial charge in [0, 0.05) is 6.08 Å². The van der Waals surface area contributed by atoms with Crippen molar-refractivity contribution in [3.05, 3.63) is 12.7 Å². The maximum atomic E-state index is 10.3. The fourth-order valence-electron chi connectivity index (χ4n) is 2.08. The average molecular weight is 271 g/mol. The summed E-state index contributed by atoms with van der Waals surface area (Å²) in [5.74, 6) is 1.47. The predicted molar refractivity (Wildman–Crippen MR) is 73.5 cm³/mol. The Morgan fingerprint density at radius 3 is 2.11 bits per heavy atom. The molecule has 5 heteroatoms. The lowest BCUT2D eigenvalue weighted by Gasteiger charge is -2.22. The van der Waals surface area contributed by atoms with Gasteiger partial charge in [0.15, 0.2) is 0 Å². The second-order valence-corrected chi connectivity index (χ2v) is 4.92. The highest BCUT2D eigenvalue weighted by atomic mass is 16.6.